The first kappa shape index (κ1) is 8.80. The summed E-state index contributed by atoms with van der Waals surface area (Å²) < 4.78 is 10.8. The molecule has 1 aromatic rings. The first-order chi connectivity index (χ1) is 6.79. The van der Waals surface area contributed by atoms with Crippen molar-refractivity contribution in [1.82, 2.24) is 0 Å². The molecule has 0 bridgehead atoms. The molecule has 1 heterocycles. The number of nitroso groups, excluding NO2 is 1. The number of hydrogen-bond donors (Lipinski definition) is 1. The minimum Gasteiger partial charge on any atom is -0.489 e. The quantitative estimate of drug-likeness (QED) is 0.414. The van der Waals surface area contributed by atoms with E-state index in [4.69, 9.17) is 15.3 Å². The summed E-state index contributed by atoms with van der Waals surface area (Å²) in [6.07, 6.45) is 0.803. The zero-order valence-electron chi connectivity index (χ0n) is 7.60. The van der Waals surface area contributed by atoms with Crippen LogP contribution in [0.4, 0.5) is 5.69 Å². The van der Waals surface area contributed by atoms with E-state index in [2.05, 4.69) is 0 Å². The van der Waals surface area contributed by atoms with E-state index in [1.807, 2.05) is 0 Å². The van der Waals surface area contributed by atoms with Gasteiger partial charge in [-0.1, -0.05) is 6.07 Å². The van der Waals surface area contributed by atoms with Crippen LogP contribution in [0.25, 0.3) is 0 Å². The fourth-order valence-corrected chi connectivity index (χ4v) is 1.35. The number of nitrogens with zero attached hydrogens (tertiary/aromatic N) is 1. The Labute approximate surface area is 81.0 Å². The summed E-state index contributed by atoms with van der Waals surface area (Å²) in [5, 5.41) is 0. The van der Waals surface area contributed by atoms with Crippen LogP contribution in [0.15, 0.2) is 18.2 Å². The number of ether oxygens (including phenoxy) is 2. The van der Waals surface area contributed by atoms with Crippen molar-refractivity contribution in [1.29, 1.82) is 0 Å². The monoisotopic (exact) mass is 195 g/mol. The largest absolute Gasteiger partial charge is 0.489 e. The van der Waals surface area contributed by atoms with Crippen LogP contribution in [0.3, 0.4) is 0 Å². The molecule has 0 saturated heterocycles. The van der Waals surface area contributed by atoms with E-state index in [0.29, 0.717) is 30.4 Å². The predicted octanol–water partition coefficient (Wildman–Crippen LogP) is 1.13. The second-order valence-electron chi connectivity index (χ2n) is 2.98. The van der Waals surface area contributed by atoms with Gasteiger partial charge in [0.1, 0.15) is 0 Å². The molecule has 0 aromatic heterocycles. The lowest BCUT2D eigenvalue weighted by molar-refractivity contribution is -0.475. The van der Waals surface area contributed by atoms with Gasteiger partial charge in [0, 0.05) is 12.5 Å². The van der Waals surface area contributed by atoms with Crippen molar-refractivity contribution in [3.63, 3.8) is 0 Å². The maximum absolute atomic E-state index is 11.0. The Morgan fingerprint density at radius 2 is 2.07 bits per heavy atom. The molecule has 74 valence electrons. The molecule has 1 aliphatic heterocycles. The minimum absolute atomic E-state index is 0.285. The normalized spacial score (nSPS) is 14.6. The molecule has 0 saturated carbocycles. The highest BCUT2D eigenvalue weighted by Crippen LogP contribution is 2.37. The molecular weight excluding hydrogens is 184 g/mol. The van der Waals surface area contributed by atoms with Gasteiger partial charge in [-0.15, -0.1) is 0 Å². The molecular formula is C9H11N2O3+. The molecule has 2 rings (SSSR count). The summed E-state index contributed by atoms with van der Waals surface area (Å²) in [5.41, 5.74) is 0.296. The van der Waals surface area contributed by atoms with E-state index in [-0.39, 0.29) is 4.87 Å². The summed E-state index contributed by atoms with van der Waals surface area (Å²) in [7, 11) is 0. The van der Waals surface area contributed by atoms with Gasteiger partial charge in [-0.05, 0) is 6.07 Å². The van der Waals surface area contributed by atoms with Crippen LogP contribution in [0.5, 0.6) is 11.5 Å². The molecule has 1 aliphatic rings. The average Bonchev–Trinajstić information content (AvgIpc) is 2.41. The second-order valence-corrected chi connectivity index (χ2v) is 2.98. The van der Waals surface area contributed by atoms with Gasteiger partial charge in [0.05, 0.1) is 18.1 Å². The fourth-order valence-electron chi connectivity index (χ4n) is 1.35. The Morgan fingerprint density at radius 1 is 1.29 bits per heavy atom. The molecule has 2 N–H and O–H groups in total. The summed E-state index contributed by atoms with van der Waals surface area (Å²) in [6, 6.07) is 5.06. The SMILES string of the molecule is N[N+](=O)c1cccc2c1OCCCO2. The Bertz CT molecular complexity index is 365. The summed E-state index contributed by atoms with van der Waals surface area (Å²) in [6.45, 7) is 1.14. The molecule has 0 spiro atoms. The van der Waals surface area contributed by atoms with E-state index in [1.165, 1.54) is 0 Å². The lowest BCUT2D eigenvalue weighted by atomic mass is 10.3. The lowest BCUT2D eigenvalue weighted by Crippen LogP contribution is -2.10. The molecule has 0 aliphatic carbocycles. The first-order valence-electron chi connectivity index (χ1n) is 4.39. The van der Waals surface area contributed by atoms with E-state index in [0.717, 1.165) is 6.42 Å². The van der Waals surface area contributed by atoms with Gasteiger partial charge in [-0.25, -0.2) is 0 Å². The van der Waals surface area contributed by atoms with E-state index < -0.39 is 0 Å². The molecule has 0 fully saturated rings. The van der Waals surface area contributed by atoms with Gasteiger partial charge < -0.3 is 9.47 Å². The van der Waals surface area contributed by atoms with Crippen LogP contribution in [0.2, 0.25) is 0 Å². The number of para-hydroxylation sites is 1. The van der Waals surface area contributed by atoms with Gasteiger partial charge in [0.15, 0.2) is 10.6 Å². The number of benzene rings is 1. The van der Waals surface area contributed by atoms with Crippen LogP contribution in [-0.2, 0) is 0 Å². The van der Waals surface area contributed by atoms with Gasteiger partial charge >= 0.3 is 5.69 Å². The highest BCUT2D eigenvalue weighted by atomic mass is 16.5. The summed E-state index contributed by atoms with van der Waals surface area (Å²) >= 11 is 0. The Balaban J connectivity index is 2.47. The van der Waals surface area contributed by atoms with Crippen molar-refractivity contribution in [2.45, 2.75) is 6.42 Å². The Morgan fingerprint density at radius 3 is 2.86 bits per heavy atom. The predicted molar refractivity (Wildman–Crippen MR) is 49.5 cm³/mol. The minimum atomic E-state index is 0.285. The molecule has 0 atom stereocenters. The van der Waals surface area contributed by atoms with E-state index in [1.54, 1.807) is 18.2 Å². The zero-order valence-corrected chi connectivity index (χ0v) is 7.60. The fraction of sp³-hybridized carbons (Fsp3) is 0.333. The third-order valence-corrected chi connectivity index (χ3v) is 1.99. The van der Waals surface area contributed by atoms with Crippen molar-refractivity contribution in [2.24, 2.45) is 5.84 Å². The smallest absolute Gasteiger partial charge is 0.337 e. The van der Waals surface area contributed by atoms with Gasteiger partial charge in [-0.2, -0.15) is 5.84 Å². The highest BCUT2D eigenvalue weighted by molar-refractivity contribution is 5.55. The molecule has 5 heteroatoms. The number of fused-ring (bicyclic) bond motifs is 1. The van der Waals surface area contributed by atoms with Crippen molar-refractivity contribution < 1.29 is 14.3 Å². The molecule has 5 nitrogen and oxygen atoms in total. The van der Waals surface area contributed by atoms with Crippen LogP contribution in [0, 0.1) is 4.91 Å². The number of rotatable bonds is 1. The van der Waals surface area contributed by atoms with Gasteiger partial charge in [-0.3, -0.25) is 0 Å². The second kappa shape index (κ2) is 3.53. The Kier molecular flexibility index (Phi) is 2.22. The van der Waals surface area contributed by atoms with Crippen LogP contribution in [-0.4, -0.2) is 18.1 Å². The molecule has 0 unspecified atom stereocenters. The van der Waals surface area contributed by atoms with Crippen LogP contribution >= 0.6 is 0 Å². The topological polar surface area (TPSA) is 64.6 Å². The van der Waals surface area contributed by atoms with Crippen LogP contribution < -0.4 is 15.3 Å². The molecule has 0 radical (unpaired) electrons. The maximum atomic E-state index is 11.0. The highest BCUT2D eigenvalue weighted by Gasteiger charge is 2.23. The molecule has 14 heavy (non-hydrogen) atoms. The van der Waals surface area contributed by atoms with Crippen molar-refractivity contribution >= 4 is 5.69 Å². The third-order valence-electron chi connectivity index (χ3n) is 1.99. The summed E-state index contributed by atoms with van der Waals surface area (Å²) in [4.78, 5) is 11.3. The van der Waals surface area contributed by atoms with E-state index in [9.17, 15) is 4.91 Å². The number of nitrogens with two attached hydrogens (primary N) is 1. The lowest BCUT2D eigenvalue weighted by Gasteiger charge is -2.04. The third kappa shape index (κ3) is 1.48. The average molecular weight is 195 g/mol. The molecule has 1 aromatic carbocycles. The van der Waals surface area contributed by atoms with Crippen LogP contribution in [0.1, 0.15) is 6.42 Å². The maximum Gasteiger partial charge on any atom is 0.337 e. The standard InChI is InChI=1S/C9H11N2O3/c10-11(12)7-3-1-4-8-9(7)14-6-2-5-13-8/h1,3-4H,2,5-6H2,(H2,10,12)/q+1. The number of hydrazine groups is 1. The zero-order chi connectivity index (χ0) is 9.97. The van der Waals surface area contributed by atoms with Crippen molar-refractivity contribution in [3.8, 4) is 11.5 Å². The van der Waals surface area contributed by atoms with Gasteiger partial charge in [0.25, 0.3) is 0 Å². The van der Waals surface area contributed by atoms with Gasteiger partial charge in [0.2, 0.25) is 5.75 Å². The van der Waals surface area contributed by atoms with E-state index >= 15 is 0 Å². The Hall–Kier alpha value is -1.78. The summed E-state index contributed by atoms with van der Waals surface area (Å²) in [5.74, 6) is 6.14. The van der Waals surface area contributed by atoms with Crippen molar-refractivity contribution in [3.05, 3.63) is 23.1 Å². The number of hydrogen-bond acceptors (Lipinski definition) is 3. The first-order valence-corrected chi connectivity index (χ1v) is 4.39. The molecule has 0 amide bonds. The van der Waals surface area contributed by atoms with Crippen molar-refractivity contribution in [2.75, 3.05) is 13.2 Å².